The van der Waals surface area contributed by atoms with Crippen LogP contribution in [0.3, 0.4) is 0 Å². The van der Waals surface area contributed by atoms with Gasteiger partial charge in [0.25, 0.3) is 11.8 Å². The molecular weight excluding hydrogens is 738 g/mol. The van der Waals surface area contributed by atoms with Gasteiger partial charge >= 0.3 is 0 Å². The zero-order valence-corrected chi connectivity index (χ0v) is 30.8. The van der Waals surface area contributed by atoms with Crippen molar-refractivity contribution in [1.82, 2.24) is 15.0 Å². The minimum atomic E-state index is -3.68. The van der Waals surface area contributed by atoms with Crippen LogP contribution < -0.4 is 26.8 Å². The summed E-state index contributed by atoms with van der Waals surface area (Å²) in [6, 6.07) is 14.3. The van der Waals surface area contributed by atoms with Gasteiger partial charge in [0, 0.05) is 59.5 Å². The third-order valence-electron chi connectivity index (χ3n) is 8.62. The van der Waals surface area contributed by atoms with Crippen molar-refractivity contribution in [3.8, 4) is 5.75 Å². The van der Waals surface area contributed by atoms with Gasteiger partial charge in [0.2, 0.25) is 0 Å². The summed E-state index contributed by atoms with van der Waals surface area (Å²) in [6.07, 6.45) is 9.19. The highest BCUT2D eigenvalue weighted by Gasteiger charge is 2.23. The Labute approximate surface area is 309 Å². The molecule has 0 atom stereocenters. The molecule has 14 nitrogen and oxygen atoms in total. The lowest BCUT2D eigenvalue weighted by atomic mass is 10.0. The number of sulfone groups is 2. The van der Waals surface area contributed by atoms with E-state index in [1.807, 2.05) is 13.0 Å². The Bertz CT molecular complexity index is 2710. The van der Waals surface area contributed by atoms with Crippen molar-refractivity contribution in [2.24, 2.45) is 11.5 Å². The molecule has 3 aromatic carbocycles. The number of fused-ring (bicyclic) bond motifs is 3. The quantitative estimate of drug-likeness (QED) is 0.152. The molecule has 1 aliphatic rings. The Morgan fingerprint density at radius 3 is 2.02 bits per heavy atom. The first-order valence-electron chi connectivity index (χ1n) is 16.3. The van der Waals surface area contributed by atoms with Crippen molar-refractivity contribution >= 4 is 76.0 Å². The fraction of sp³-hybridized carbons (Fsp3) is 0.162. The highest BCUT2D eigenvalue weighted by molar-refractivity contribution is 7.91. The first kappa shape index (κ1) is 37.6. The Balaban J connectivity index is 0.000000185. The monoisotopic (exact) mass is 771 g/mol. The van der Waals surface area contributed by atoms with Gasteiger partial charge < -0.3 is 26.8 Å². The Hall–Kier alpha value is -6.20. The Kier molecular flexibility index (Phi) is 10.2. The number of ether oxygens (including phenoxy) is 1. The van der Waals surface area contributed by atoms with Gasteiger partial charge in [-0.15, -0.1) is 0 Å². The molecule has 0 saturated heterocycles. The van der Waals surface area contributed by atoms with Crippen molar-refractivity contribution in [2.75, 3.05) is 29.8 Å². The van der Waals surface area contributed by atoms with Crippen molar-refractivity contribution in [2.45, 2.75) is 29.6 Å². The molecule has 4 heterocycles. The Morgan fingerprint density at radius 2 is 1.43 bits per heavy atom. The van der Waals surface area contributed by atoms with Gasteiger partial charge in [-0.3, -0.25) is 24.5 Å². The second-order valence-electron chi connectivity index (χ2n) is 12.4. The van der Waals surface area contributed by atoms with Gasteiger partial charge in [-0.25, -0.2) is 21.2 Å². The SMILES string of the molecule is CCc1cc(S(C)(=O)=O)cc2c(Nc3cccnc3)c(C(N)=O)cnc12.CS(=O)(=O)c1cc(F)c2ncc(C(N)=O)c(Nc3cccc4c3CCO4)c2c1. The van der Waals surface area contributed by atoms with Gasteiger partial charge in [0.05, 0.1) is 56.3 Å². The molecule has 6 N–H and O–H groups in total. The molecule has 0 unspecified atom stereocenters. The third kappa shape index (κ3) is 7.62. The van der Waals surface area contributed by atoms with Crippen LogP contribution in [-0.4, -0.2) is 62.7 Å². The van der Waals surface area contributed by atoms with Gasteiger partial charge in [-0.05, 0) is 60.5 Å². The maximum absolute atomic E-state index is 14.6. The van der Waals surface area contributed by atoms with Crippen LogP contribution in [-0.2, 0) is 32.5 Å². The molecule has 54 heavy (non-hydrogen) atoms. The molecule has 7 rings (SSSR count). The van der Waals surface area contributed by atoms with Crippen LogP contribution in [0, 0.1) is 5.82 Å². The number of carbonyl (C=O) groups excluding carboxylic acids is 2. The number of nitrogens with one attached hydrogen (secondary N) is 2. The average molecular weight is 772 g/mol. The zero-order valence-electron chi connectivity index (χ0n) is 29.2. The minimum absolute atomic E-state index is 0.0223. The molecule has 3 aromatic heterocycles. The van der Waals surface area contributed by atoms with Crippen molar-refractivity contribution < 1.29 is 35.6 Å². The smallest absolute Gasteiger partial charge is 0.252 e. The van der Waals surface area contributed by atoms with Crippen LogP contribution in [0.2, 0.25) is 0 Å². The number of carbonyl (C=O) groups is 2. The zero-order chi connectivity index (χ0) is 38.9. The van der Waals surface area contributed by atoms with E-state index in [1.54, 1.807) is 42.7 Å². The largest absolute Gasteiger partial charge is 0.493 e. The van der Waals surface area contributed by atoms with E-state index in [4.69, 9.17) is 16.2 Å². The molecule has 0 bridgehead atoms. The van der Waals surface area contributed by atoms with Crippen molar-refractivity contribution in [3.05, 3.63) is 107 Å². The molecule has 0 radical (unpaired) electrons. The van der Waals surface area contributed by atoms with Crippen LogP contribution in [0.5, 0.6) is 5.75 Å². The number of hydrogen-bond acceptors (Lipinski definition) is 12. The fourth-order valence-corrected chi connectivity index (χ4v) is 7.31. The number of anilines is 4. The number of primary amides is 2. The number of aryl methyl sites for hydroxylation is 1. The number of amides is 2. The molecular formula is C37H34FN7O7S2. The van der Waals surface area contributed by atoms with E-state index in [-0.39, 0.29) is 37.5 Å². The maximum atomic E-state index is 14.6. The number of aromatic nitrogens is 3. The number of pyridine rings is 3. The number of hydrogen-bond donors (Lipinski definition) is 4. The van der Waals surface area contributed by atoms with Crippen LogP contribution >= 0.6 is 0 Å². The molecule has 0 aliphatic carbocycles. The van der Waals surface area contributed by atoms with Crippen LogP contribution in [0.1, 0.15) is 38.8 Å². The number of halogens is 1. The van der Waals surface area contributed by atoms with E-state index in [1.165, 1.54) is 24.5 Å². The molecule has 0 spiro atoms. The van der Waals surface area contributed by atoms with Crippen LogP contribution in [0.15, 0.2) is 89.2 Å². The van der Waals surface area contributed by atoms with Gasteiger partial charge in [-0.1, -0.05) is 13.0 Å². The second-order valence-corrected chi connectivity index (χ2v) is 16.4. The van der Waals surface area contributed by atoms with Gasteiger partial charge in [0.15, 0.2) is 25.5 Å². The number of nitrogens with zero attached hydrogens (tertiary/aromatic N) is 3. The van der Waals surface area contributed by atoms with Gasteiger partial charge in [-0.2, -0.15) is 0 Å². The molecule has 6 aromatic rings. The summed E-state index contributed by atoms with van der Waals surface area (Å²) >= 11 is 0. The van der Waals surface area contributed by atoms with Crippen LogP contribution in [0.4, 0.5) is 27.1 Å². The minimum Gasteiger partial charge on any atom is -0.493 e. The summed E-state index contributed by atoms with van der Waals surface area (Å²) in [7, 11) is -7.11. The van der Waals surface area contributed by atoms with E-state index < -0.39 is 37.3 Å². The molecule has 2 amide bonds. The summed E-state index contributed by atoms with van der Waals surface area (Å²) in [5, 5.41) is 6.91. The molecule has 278 valence electrons. The van der Waals surface area contributed by atoms with E-state index in [2.05, 4.69) is 25.6 Å². The maximum Gasteiger partial charge on any atom is 0.252 e. The van der Waals surface area contributed by atoms with E-state index in [0.717, 1.165) is 29.7 Å². The number of benzene rings is 3. The predicted molar refractivity (Wildman–Crippen MR) is 203 cm³/mol. The fourth-order valence-electron chi connectivity index (χ4n) is 5.98. The van der Waals surface area contributed by atoms with E-state index in [9.17, 15) is 30.8 Å². The molecule has 17 heteroatoms. The average Bonchev–Trinajstić information content (AvgIpc) is 3.61. The standard InChI is InChI=1S/C19H16FN3O4S.C18H18N4O3S/c1-28(25,26)10-7-12-17(13(19(21)24)9-22-18(12)14(20)8-10)23-15-3-2-4-16-11(15)5-6-27-16;1-3-11-7-13(26(2,24)25)8-14-16(11)21-10-15(18(19)23)17(14)22-12-5-4-6-20-9-12/h2-4,7-9H,5-6H2,1H3,(H2,21,24)(H,22,23);4-10H,3H2,1-2H3,(H2,19,23)(H,21,22). The topological polar surface area (TPSA) is 226 Å². The summed E-state index contributed by atoms with van der Waals surface area (Å²) in [6.45, 7) is 2.44. The van der Waals surface area contributed by atoms with Crippen LogP contribution in [0.25, 0.3) is 21.8 Å². The van der Waals surface area contributed by atoms with Gasteiger partial charge in [0.1, 0.15) is 11.3 Å². The normalized spacial score (nSPS) is 12.4. The Morgan fingerprint density at radius 1 is 0.815 bits per heavy atom. The lowest BCUT2D eigenvalue weighted by Gasteiger charge is -2.16. The first-order valence-corrected chi connectivity index (χ1v) is 20.1. The first-order chi connectivity index (χ1) is 25.6. The second kappa shape index (κ2) is 14.7. The highest BCUT2D eigenvalue weighted by Crippen LogP contribution is 2.38. The van der Waals surface area contributed by atoms with E-state index >= 15 is 0 Å². The summed E-state index contributed by atoms with van der Waals surface area (Å²) in [4.78, 5) is 36.2. The van der Waals surface area contributed by atoms with Crippen molar-refractivity contribution in [3.63, 3.8) is 0 Å². The number of rotatable bonds is 9. The summed E-state index contributed by atoms with van der Waals surface area (Å²) in [5.41, 5.74) is 15.3. The summed E-state index contributed by atoms with van der Waals surface area (Å²) in [5.74, 6) is -1.52. The number of nitrogens with two attached hydrogens (primary N) is 2. The third-order valence-corrected chi connectivity index (χ3v) is 10.8. The predicted octanol–water partition coefficient (Wildman–Crippen LogP) is 4.99. The molecule has 1 aliphatic heterocycles. The van der Waals surface area contributed by atoms with E-state index in [0.29, 0.717) is 53.2 Å². The molecule has 0 saturated carbocycles. The molecule has 0 fully saturated rings. The lowest BCUT2D eigenvalue weighted by molar-refractivity contribution is 0.0992. The van der Waals surface area contributed by atoms with Crippen molar-refractivity contribution in [1.29, 1.82) is 0 Å². The lowest BCUT2D eigenvalue weighted by Crippen LogP contribution is -2.15. The highest BCUT2D eigenvalue weighted by atomic mass is 32.2. The summed E-state index contributed by atoms with van der Waals surface area (Å²) < 4.78 is 68.2.